The molecular formula is C16H15N3O4. The Hall–Kier alpha value is -3.09. The molecule has 0 aliphatic heterocycles. The Balaban J connectivity index is 1.69. The number of fused-ring (bicyclic) bond motifs is 1. The van der Waals surface area contributed by atoms with E-state index in [-0.39, 0.29) is 12.5 Å². The van der Waals surface area contributed by atoms with Gasteiger partial charge in [-0.2, -0.15) is 5.10 Å². The van der Waals surface area contributed by atoms with Gasteiger partial charge in [-0.3, -0.25) is 9.48 Å². The third-order valence-corrected chi connectivity index (χ3v) is 3.28. The van der Waals surface area contributed by atoms with E-state index in [4.69, 9.17) is 9.15 Å². The van der Waals surface area contributed by atoms with Crippen molar-refractivity contribution in [3.8, 4) is 5.75 Å². The molecule has 0 saturated heterocycles. The maximum absolute atomic E-state index is 11.8. The highest BCUT2D eigenvalue weighted by Crippen LogP contribution is 2.22. The zero-order chi connectivity index (χ0) is 16.4. The number of hydrogen-bond acceptors (Lipinski definition) is 5. The Morgan fingerprint density at radius 3 is 2.96 bits per heavy atom. The fraction of sp³-hybridized carbons (Fsp3) is 0.188. The Labute approximate surface area is 131 Å². The van der Waals surface area contributed by atoms with Gasteiger partial charge >= 0.3 is 5.63 Å². The molecule has 0 aliphatic carbocycles. The minimum atomic E-state index is -0.415. The topological polar surface area (TPSA) is 86.4 Å². The van der Waals surface area contributed by atoms with E-state index in [9.17, 15) is 9.59 Å². The molecule has 1 N–H and O–H groups in total. The molecule has 0 atom stereocenters. The second-order valence-electron chi connectivity index (χ2n) is 5.15. The average Bonchev–Trinajstić information content (AvgIpc) is 2.89. The van der Waals surface area contributed by atoms with Crippen LogP contribution in [-0.2, 0) is 11.8 Å². The van der Waals surface area contributed by atoms with E-state index in [1.54, 1.807) is 42.3 Å². The minimum absolute atomic E-state index is 0.156. The molecule has 0 fully saturated rings. The van der Waals surface area contributed by atoms with E-state index in [1.807, 2.05) is 6.92 Å². The van der Waals surface area contributed by atoms with E-state index >= 15 is 0 Å². The minimum Gasteiger partial charge on any atom is -0.484 e. The molecule has 0 aliphatic rings. The molecule has 2 heterocycles. The number of amides is 1. The van der Waals surface area contributed by atoms with Gasteiger partial charge in [-0.05, 0) is 24.6 Å². The van der Waals surface area contributed by atoms with Crippen LogP contribution in [0.5, 0.6) is 5.75 Å². The number of ether oxygens (including phenoxy) is 1. The molecule has 0 radical (unpaired) electrons. The Kier molecular flexibility index (Phi) is 3.84. The maximum atomic E-state index is 11.8. The number of rotatable bonds is 4. The molecule has 23 heavy (non-hydrogen) atoms. The van der Waals surface area contributed by atoms with Crippen LogP contribution in [-0.4, -0.2) is 22.3 Å². The highest BCUT2D eigenvalue weighted by atomic mass is 16.5. The van der Waals surface area contributed by atoms with E-state index in [1.165, 1.54) is 6.07 Å². The van der Waals surface area contributed by atoms with Crippen molar-refractivity contribution in [3.63, 3.8) is 0 Å². The summed E-state index contributed by atoms with van der Waals surface area (Å²) in [7, 11) is 1.76. The van der Waals surface area contributed by atoms with Gasteiger partial charge in [-0.15, -0.1) is 0 Å². The molecule has 0 saturated carbocycles. The quantitative estimate of drug-likeness (QED) is 0.743. The van der Waals surface area contributed by atoms with Gasteiger partial charge in [0.25, 0.3) is 5.91 Å². The summed E-state index contributed by atoms with van der Waals surface area (Å²) in [5.41, 5.74) is 1.44. The summed E-state index contributed by atoms with van der Waals surface area (Å²) < 4.78 is 12.2. The van der Waals surface area contributed by atoms with Gasteiger partial charge < -0.3 is 14.5 Å². The predicted molar refractivity (Wildman–Crippen MR) is 84.6 cm³/mol. The Morgan fingerprint density at radius 1 is 1.39 bits per heavy atom. The average molecular weight is 313 g/mol. The predicted octanol–water partition coefficient (Wildman–Crippen LogP) is 1.85. The second kappa shape index (κ2) is 5.96. The molecule has 2 aromatic heterocycles. The molecule has 118 valence electrons. The highest BCUT2D eigenvalue weighted by Gasteiger charge is 2.07. The summed E-state index contributed by atoms with van der Waals surface area (Å²) >= 11 is 0. The van der Waals surface area contributed by atoms with Crippen LogP contribution >= 0.6 is 0 Å². The van der Waals surface area contributed by atoms with Gasteiger partial charge in [-0.1, -0.05) is 0 Å². The van der Waals surface area contributed by atoms with Crippen molar-refractivity contribution >= 4 is 22.6 Å². The molecule has 0 unspecified atom stereocenters. The Bertz CT molecular complexity index is 926. The van der Waals surface area contributed by atoms with Gasteiger partial charge in [-0.25, -0.2) is 4.79 Å². The van der Waals surface area contributed by atoms with Gasteiger partial charge in [0.1, 0.15) is 11.3 Å². The number of carbonyl (C=O) groups is 1. The first-order valence-corrected chi connectivity index (χ1v) is 6.97. The summed E-state index contributed by atoms with van der Waals surface area (Å²) in [6, 6.07) is 6.56. The van der Waals surface area contributed by atoms with E-state index in [2.05, 4.69) is 10.4 Å². The molecule has 0 bridgehead atoms. The zero-order valence-corrected chi connectivity index (χ0v) is 12.7. The van der Waals surface area contributed by atoms with Crippen molar-refractivity contribution in [1.29, 1.82) is 0 Å². The lowest BCUT2D eigenvalue weighted by atomic mass is 10.1. The molecule has 3 rings (SSSR count). The second-order valence-corrected chi connectivity index (χ2v) is 5.15. The van der Waals surface area contributed by atoms with Crippen LogP contribution < -0.4 is 15.7 Å². The van der Waals surface area contributed by atoms with Crippen LogP contribution in [0.1, 0.15) is 5.56 Å². The van der Waals surface area contributed by atoms with Crippen LogP contribution in [0.15, 0.2) is 45.9 Å². The van der Waals surface area contributed by atoms with Crippen molar-refractivity contribution in [3.05, 3.63) is 52.6 Å². The fourth-order valence-electron chi connectivity index (χ4n) is 2.23. The van der Waals surface area contributed by atoms with Crippen molar-refractivity contribution in [2.24, 2.45) is 7.05 Å². The number of aryl methyl sites for hydroxylation is 2. The lowest BCUT2D eigenvalue weighted by Gasteiger charge is -2.07. The Morgan fingerprint density at radius 2 is 2.22 bits per heavy atom. The monoisotopic (exact) mass is 313 g/mol. The van der Waals surface area contributed by atoms with Crippen LogP contribution in [0.3, 0.4) is 0 Å². The standard InChI is InChI=1S/C16H15N3O4/c1-10-5-16(21)23-14-6-12(3-4-13(10)14)22-9-15(20)18-11-7-17-19(2)8-11/h3-8H,9H2,1-2H3,(H,18,20). The van der Waals surface area contributed by atoms with Gasteiger partial charge in [0, 0.05) is 30.8 Å². The molecule has 0 spiro atoms. The molecule has 1 amide bonds. The van der Waals surface area contributed by atoms with Gasteiger partial charge in [0.2, 0.25) is 0 Å². The molecule has 1 aromatic carbocycles. The van der Waals surface area contributed by atoms with E-state index in [0.717, 1.165) is 10.9 Å². The summed E-state index contributed by atoms with van der Waals surface area (Å²) in [4.78, 5) is 23.2. The highest BCUT2D eigenvalue weighted by molar-refractivity contribution is 5.91. The summed E-state index contributed by atoms with van der Waals surface area (Å²) in [5, 5.41) is 7.46. The summed E-state index contributed by atoms with van der Waals surface area (Å²) in [6.07, 6.45) is 3.23. The number of anilines is 1. The van der Waals surface area contributed by atoms with Crippen molar-refractivity contribution in [2.75, 3.05) is 11.9 Å². The molecular weight excluding hydrogens is 298 g/mol. The van der Waals surface area contributed by atoms with Crippen molar-refractivity contribution < 1.29 is 13.9 Å². The molecule has 7 heteroatoms. The first-order valence-electron chi connectivity index (χ1n) is 6.97. The lowest BCUT2D eigenvalue weighted by molar-refractivity contribution is -0.118. The maximum Gasteiger partial charge on any atom is 0.336 e. The third kappa shape index (κ3) is 3.39. The van der Waals surface area contributed by atoms with Crippen LogP contribution in [0.4, 0.5) is 5.69 Å². The third-order valence-electron chi connectivity index (χ3n) is 3.28. The SMILES string of the molecule is Cc1cc(=O)oc2cc(OCC(=O)Nc3cnn(C)c3)ccc12. The summed E-state index contributed by atoms with van der Waals surface area (Å²) in [6.45, 7) is 1.68. The number of hydrogen-bond donors (Lipinski definition) is 1. The van der Waals surface area contributed by atoms with Crippen LogP contribution in [0.25, 0.3) is 11.0 Å². The van der Waals surface area contributed by atoms with Crippen molar-refractivity contribution in [2.45, 2.75) is 6.92 Å². The lowest BCUT2D eigenvalue weighted by Crippen LogP contribution is -2.19. The fourth-order valence-corrected chi connectivity index (χ4v) is 2.23. The largest absolute Gasteiger partial charge is 0.484 e. The van der Waals surface area contributed by atoms with Gasteiger partial charge in [0.15, 0.2) is 6.61 Å². The number of benzene rings is 1. The number of nitrogens with one attached hydrogen (secondary N) is 1. The first-order chi connectivity index (χ1) is 11.0. The number of aromatic nitrogens is 2. The number of nitrogens with zero attached hydrogens (tertiary/aromatic N) is 2. The molecule has 3 aromatic rings. The smallest absolute Gasteiger partial charge is 0.336 e. The van der Waals surface area contributed by atoms with Crippen molar-refractivity contribution in [1.82, 2.24) is 9.78 Å². The van der Waals surface area contributed by atoms with Gasteiger partial charge in [0.05, 0.1) is 11.9 Å². The normalized spacial score (nSPS) is 10.7. The first kappa shape index (κ1) is 14.8. The van der Waals surface area contributed by atoms with E-state index in [0.29, 0.717) is 17.0 Å². The molecule has 7 nitrogen and oxygen atoms in total. The van der Waals surface area contributed by atoms with Crippen LogP contribution in [0, 0.1) is 6.92 Å². The summed E-state index contributed by atoms with van der Waals surface area (Å²) in [5.74, 6) is 0.149. The zero-order valence-electron chi connectivity index (χ0n) is 12.7. The number of carbonyl (C=O) groups excluding carboxylic acids is 1. The van der Waals surface area contributed by atoms with Crippen LogP contribution in [0.2, 0.25) is 0 Å². The van der Waals surface area contributed by atoms with E-state index < -0.39 is 5.63 Å².